The van der Waals surface area contributed by atoms with Crippen molar-refractivity contribution in [1.29, 1.82) is 0 Å². The number of carbonyl (C=O) groups is 2. The Balaban J connectivity index is 2.36. The predicted octanol–water partition coefficient (Wildman–Crippen LogP) is 3.23. The average molecular weight is 478 g/mol. The number of halogens is 1. The lowest BCUT2D eigenvalue weighted by atomic mass is 10.1. The first-order valence-electron chi connectivity index (χ1n) is 10.9. The molecular weight excluding hydrogens is 445 g/mol. The minimum atomic E-state index is -3.80. The molecule has 0 aliphatic carbocycles. The summed E-state index contributed by atoms with van der Waals surface area (Å²) in [6.07, 6.45) is 2.70. The Morgan fingerprint density at radius 1 is 1.12 bits per heavy atom. The van der Waals surface area contributed by atoms with Gasteiger partial charge in [0, 0.05) is 18.7 Å². The molecule has 0 unspecified atom stereocenters. The number of benzene rings is 2. The molecule has 33 heavy (non-hydrogen) atoms. The van der Waals surface area contributed by atoms with Gasteiger partial charge in [0.25, 0.3) is 0 Å². The molecular formula is C24H32FN3O4S. The van der Waals surface area contributed by atoms with E-state index in [0.717, 1.165) is 29.0 Å². The van der Waals surface area contributed by atoms with E-state index in [1.54, 1.807) is 31.2 Å². The molecule has 7 nitrogen and oxygen atoms in total. The third-order valence-electron chi connectivity index (χ3n) is 5.26. The van der Waals surface area contributed by atoms with Crippen molar-refractivity contribution in [2.45, 2.75) is 46.2 Å². The summed E-state index contributed by atoms with van der Waals surface area (Å²) in [5.41, 5.74) is 1.41. The molecule has 0 radical (unpaired) electrons. The third kappa shape index (κ3) is 7.56. The van der Waals surface area contributed by atoms with Crippen LogP contribution < -0.4 is 9.62 Å². The van der Waals surface area contributed by atoms with Gasteiger partial charge in [-0.15, -0.1) is 0 Å². The first-order chi connectivity index (χ1) is 15.5. The first kappa shape index (κ1) is 26.3. The summed E-state index contributed by atoms with van der Waals surface area (Å²) in [5.74, 6) is -1.49. The van der Waals surface area contributed by atoms with E-state index in [2.05, 4.69) is 5.32 Å². The van der Waals surface area contributed by atoms with Crippen molar-refractivity contribution in [2.75, 3.05) is 23.7 Å². The van der Waals surface area contributed by atoms with Crippen LogP contribution in [-0.4, -0.2) is 50.5 Å². The SMILES string of the molecule is CCCCNC(=O)[C@H](C)N(Cc1ccccc1F)C(=O)CN(c1cccc(C)c1)S(C)(=O)=O. The Bertz CT molecular complexity index is 1070. The third-order valence-corrected chi connectivity index (χ3v) is 6.40. The Morgan fingerprint density at radius 3 is 2.42 bits per heavy atom. The van der Waals surface area contributed by atoms with E-state index in [0.29, 0.717) is 12.2 Å². The minimum Gasteiger partial charge on any atom is -0.354 e. The van der Waals surface area contributed by atoms with Crippen LogP contribution in [0.5, 0.6) is 0 Å². The molecule has 0 spiro atoms. The summed E-state index contributed by atoms with van der Waals surface area (Å²) >= 11 is 0. The zero-order valence-electron chi connectivity index (χ0n) is 19.5. The van der Waals surface area contributed by atoms with E-state index in [9.17, 15) is 22.4 Å². The van der Waals surface area contributed by atoms with Crippen LogP contribution in [0.3, 0.4) is 0 Å². The zero-order chi connectivity index (χ0) is 24.6. The van der Waals surface area contributed by atoms with Gasteiger partial charge in [-0.3, -0.25) is 13.9 Å². The molecule has 0 saturated carbocycles. The van der Waals surface area contributed by atoms with E-state index < -0.39 is 34.3 Å². The van der Waals surface area contributed by atoms with Crippen LogP contribution in [0.1, 0.15) is 37.8 Å². The van der Waals surface area contributed by atoms with Gasteiger partial charge >= 0.3 is 0 Å². The highest BCUT2D eigenvalue weighted by atomic mass is 32.2. The molecule has 0 saturated heterocycles. The monoisotopic (exact) mass is 477 g/mol. The Labute approximate surface area is 195 Å². The summed E-state index contributed by atoms with van der Waals surface area (Å²) in [6.45, 7) is 5.15. The lowest BCUT2D eigenvalue weighted by molar-refractivity contribution is -0.139. The van der Waals surface area contributed by atoms with Gasteiger partial charge in [0.1, 0.15) is 18.4 Å². The summed E-state index contributed by atoms with van der Waals surface area (Å²) in [7, 11) is -3.80. The highest BCUT2D eigenvalue weighted by molar-refractivity contribution is 7.92. The minimum absolute atomic E-state index is 0.167. The molecule has 0 aliphatic heterocycles. The van der Waals surface area contributed by atoms with Crippen LogP contribution in [0.15, 0.2) is 48.5 Å². The highest BCUT2D eigenvalue weighted by Gasteiger charge is 2.30. The first-order valence-corrected chi connectivity index (χ1v) is 12.7. The summed E-state index contributed by atoms with van der Waals surface area (Å²) in [5, 5.41) is 2.78. The van der Waals surface area contributed by atoms with Crippen LogP contribution in [0.4, 0.5) is 10.1 Å². The van der Waals surface area contributed by atoms with Gasteiger partial charge in [-0.05, 0) is 44.0 Å². The van der Waals surface area contributed by atoms with Crippen molar-refractivity contribution in [1.82, 2.24) is 10.2 Å². The number of hydrogen-bond donors (Lipinski definition) is 1. The van der Waals surface area contributed by atoms with Gasteiger partial charge in [0.05, 0.1) is 11.9 Å². The van der Waals surface area contributed by atoms with Crippen molar-refractivity contribution >= 4 is 27.5 Å². The topological polar surface area (TPSA) is 86.8 Å². The van der Waals surface area contributed by atoms with E-state index in [-0.39, 0.29) is 18.0 Å². The van der Waals surface area contributed by atoms with E-state index in [4.69, 9.17) is 0 Å². The van der Waals surface area contributed by atoms with Gasteiger partial charge in [0.15, 0.2) is 0 Å². The van der Waals surface area contributed by atoms with Crippen molar-refractivity contribution in [2.24, 2.45) is 0 Å². The molecule has 2 aromatic rings. The normalized spacial score (nSPS) is 12.2. The molecule has 0 bridgehead atoms. The molecule has 1 atom stereocenters. The summed E-state index contributed by atoms with van der Waals surface area (Å²) in [4.78, 5) is 27.3. The molecule has 2 amide bonds. The van der Waals surface area contributed by atoms with Gasteiger partial charge in [-0.25, -0.2) is 12.8 Å². The largest absolute Gasteiger partial charge is 0.354 e. The molecule has 0 aliphatic rings. The number of anilines is 1. The Hall–Kier alpha value is -2.94. The van der Waals surface area contributed by atoms with Gasteiger partial charge in [0.2, 0.25) is 21.8 Å². The van der Waals surface area contributed by atoms with Gasteiger partial charge in [-0.2, -0.15) is 0 Å². The van der Waals surface area contributed by atoms with Crippen LogP contribution in [0.2, 0.25) is 0 Å². The van der Waals surface area contributed by atoms with E-state index in [1.165, 1.54) is 23.1 Å². The molecule has 0 aromatic heterocycles. The fourth-order valence-electron chi connectivity index (χ4n) is 3.33. The molecule has 9 heteroatoms. The number of sulfonamides is 1. The predicted molar refractivity (Wildman–Crippen MR) is 128 cm³/mol. The molecule has 1 N–H and O–H groups in total. The smallest absolute Gasteiger partial charge is 0.244 e. The number of nitrogens with one attached hydrogen (secondary N) is 1. The second-order valence-electron chi connectivity index (χ2n) is 8.04. The maximum Gasteiger partial charge on any atom is 0.244 e. The number of rotatable bonds is 11. The molecule has 180 valence electrons. The Kier molecular flexibility index (Phi) is 9.40. The Morgan fingerprint density at radius 2 is 1.82 bits per heavy atom. The van der Waals surface area contributed by atoms with Crippen molar-refractivity contribution in [3.05, 3.63) is 65.5 Å². The second kappa shape index (κ2) is 11.8. The summed E-state index contributed by atoms with van der Waals surface area (Å²) in [6, 6.07) is 11.9. The number of carbonyl (C=O) groups excluding carboxylic acids is 2. The number of amides is 2. The zero-order valence-corrected chi connectivity index (χ0v) is 20.4. The lowest BCUT2D eigenvalue weighted by Crippen LogP contribution is -2.51. The van der Waals surface area contributed by atoms with Crippen LogP contribution in [0.25, 0.3) is 0 Å². The number of hydrogen-bond acceptors (Lipinski definition) is 4. The molecule has 0 fully saturated rings. The fraction of sp³-hybridized carbons (Fsp3) is 0.417. The molecule has 0 heterocycles. The van der Waals surface area contributed by atoms with E-state index in [1.807, 2.05) is 19.9 Å². The van der Waals surface area contributed by atoms with Crippen molar-refractivity contribution in [3.63, 3.8) is 0 Å². The van der Waals surface area contributed by atoms with Crippen LogP contribution in [0, 0.1) is 12.7 Å². The number of nitrogens with zero attached hydrogens (tertiary/aromatic N) is 2. The standard InChI is InChI=1S/C24H32FN3O4S/c1-5-6-14-26-24(30)19(3)27(16-20-11-7-8-13-22(20)25)23(29)17-28(33(4,31)32)21-12-9-10-18(2)15-21/h7-13,15,19H,5-6,14,16-17H2,1-4H3,(H,26,30)/t19-/m0/s1. The van der Waals surface area contributed by atoms with Gasteiger partial charge in [-0.1, -0.05) is 43.7 Å². The number of unbranched alkanes of at least 4 members (excludes halogenated alkanes) is 1. The lowest BCUT2D eigenvalue weighted by Gasteiger charge is -2.31. The van der Waals surface area contributed by atoms with Crippen molar-refractivity contribution < 1.29 is 22.4 Å². The summed E-state index contributed by atoms with van der Waals surface area (Å²) < 4.78 is 40.4. The average Bonchev–Trinajstić information content (AvgIpc) is 2.75. The maximum absolute atomic E-state index is 14.3. The van der Waals surface area contributed by atoms with Crippen molar-refractivity contribution in [3.8, 4) is 0 Å². The van der Waals surface area contributed by atoms with Crippen LogP contribution in [-0.2, 0) is 26.2 Å². The van der Waals surface area contributed by atoms with Gasteiger partial charge < -0.3 is 10.2 Å². The quantitative estimate of drug-likeness (QED) is 0.504. The van der Waals surface area contributed by atoms with Crippen LogP contribution >= 0.6 is 0 Å². The molecule has 2 aromatic carbocycles. The van der Waals surface area contributed by atoms with E-state index >= 15 is 0 Å². The molecule has 2 rings (SSSR count). The second-order valence-corrected chi connectivity index (χ2v) is 9.95. The maximum atomic E-state index is 14.3. The number of aryl methyl sites for hydroxylation is 1. The fourth-order valence-corrected chi connectivity index (χ4v) is 4.17. The highest BCUT2D eigenvalue weighted by Crippen LogP contribution is 2.20.